The first-order valence-electron chi connectivity index (χ1n) is 4.55. The highest BCUT2D eigenvalue weighted by molar-refractivity contribution is 8.02. The number of aromatic nitrogens is 3. The lowest BCUT2D eigenvalue weighted by atomic mass is 10.3. The lowest BCUT2D eigenvalue weighted by molar-refractivity contribution is 0.0691. The Morgan fingerprint density at radius 2 is 2.17 bits per heavy atom. The number of halogens is 1. The quantitative estimate of drug-likeness (QED) is 0.870. The molecule has 0 amide bonds. The third-order valence-electron chi connectivity index (χ3n) is 1.83. The van der Waals surface area contributed by atoms with Gasteiger partial charge in [-0.1, -0.05) is 23.1 Å². The number of hydrogen-bond acceptors (Lipinski definition) is 7. The van der Waals surface area contributed by atoms with Gasteiger partial charge in [-0.3, -0.25) is 0 Å². The van der Waals surface area contributed by atoms with Gasteiger partial charge in [-0.05, 0) is 24.1 Å². The number of hydrogen-bond donors (Lipinski definition) is 1. The first kappa shape index (κ1) is 13.2. The third kappa shape index (κ3) is 2.79. The number of pyridine rings is 1. The maximum atomic E-state index is 13.8. The second-order valence-electron chi connectivity index (χ2n) is 2.92. The van der Waals surface area contributed by atoms with Crippen LogP contribution in [0.4, 0.5) is 4.39 Å². The van der Waals surface area contributed by atoms with Crippen molar-refractivity contribution in [2.45, 2.75) is 13.7 Å². The lowest BCUT2D eigenvalue weighted by Crippen LogP contribution is -2.02. The zero-order valence-electron chi connectivity index (χ0n) is 8.95. The summed E-state index contributed by atoms with van der Waals surface area (Å²) in [7, 11) is 0. The van der Waals surface area contributed by atoms with Gasteiger partial charge in [0.2, 0.25) is 0 Å². The van der Waals surface area contributed by atoms with Crippen molar-refractivity contribution in [3.8, 4) is 0 Å². The van der Waals surface area contributed by atoms with E-state index < -0.39 is 17.3 Å². The molecular weight excluding hydrogens is 297 g/mol. The zero-order valence-corrected chi connectivity index (χ0v) is 11.4. The average Bonchev–Trinajstić information content (AvgIpc) is 2.79. The van der Waals surface area contributed by atoms with E-state index >= 15 is 0 Å². The number of aromatic carboxylic acids is 1. The number of rotatable bonds is 4. The highest BCUT2D eigenvalue weighted by Gasteiger charge is 2.17. The van der Waals surface area contributed by atoms with Crippen molar-refractivity contribution in [1.82, 2.24) is 15.2 Å². The Morgan fingerprint density at radius 3 is 2.78 bits per heavy atom. The standard InChI is InChI=1S/C9H6FN3O2S3/c1-16-8-12-13-9(18-8)17-6-5(10)4(7(14)15)2-3-11-6/h2-3H,1H3,(H,14,15). The fourth-order valence-corrected chi connectivity index (χ4v) is 3.43. The maximum Gasteiger partial charge on any atom is 0.338 e. The number of nitrogens with zero attached hydrogens (tertiary/aromatic N) is 3. The number of carboxylic acid groups (broad SMARTS) is 1. The summed E-state index contributed by atoms with van der Waals surface area (Å²) in [5, 5.41) is 16.5. The van der Waals surface area contributed by atoms with Crippen LogP contribution in [0.2, 0.25) is 0 Å². The van der Waals surface area contributed by atoms with E-state index in [2.05, 4.69) is 15.2 Å². The molecule has 2 rings (SSSR count). The normalized spacial score (nSPS) is 10.6. The fourth-order valence-electron chi connectivity index (χ4n) is 1.06. The van der Waals surface area contributed by atoms with Gasteiger partial charge >= 0.3 is 5.97 Å². The molecule has 0 unspecified atom stereocenters. The van der Waals surface area contributed by atoms with E-state index in [1.165, 1.54) is 29.3 Å². The van der Waals surface area contributed by atoms with Crippen molar-refractivity contribution in [3.05, 3.63) is 23.6 Å². The lowest BCUT2D eigenvalue weighted by Gasteiger charge is -2.01. The Labute approximate surface area is 114 Å². The minimum absolute atomic E-state index is 0.0151. The molecule has 2 aromatic rings. The number of carbonyl (C=O) groups is 1. The average molecular weight is 303 g/mol. The zero-order chi connectivity index (χ0) is 13.1. The van der Waals surface area contributed by atoms with Crippen LogP contribution in [-0.2, 0) is 0 Å². The fraction of sp³-hybridized carbons (Fsp3) is 0.111. The van der Waals surface area contributed by atoms with Crippen LogP contribution in [0.3, 0.4) is 0 Å². The van der Waals surface area contributed by atoms with Crippen molar-refractivity contribution in [2.24, 2.45) is 0 Å². The van der Waals surface area contributed by atoms with Crippen LogP contribution in [0.15, 0.2) is 26.0 Å². The smallest absolute Gasteiger partial charge is 0.338 e. The summed E-state index contributed by atoms with van der Waals surface area (Å²) in [6.07, 6.45) is 3.12. The molecule has 0 bridgehead atoms. The van der Waals surface area contributed by atoms with Gasteiger partial charge in [-0.2, -0.15) is 0 Å². The van der Waals surface area contributed by atoms with E-state index in [1.807, 2.05) is 6.26 Å². The Balaban J connectivity index is 2.29. The molecule has 2 heterocycles. The predicted molar refractivity (Wildman–Crippen MR) is 67.0 cm³/mol. The second kappa shape index (κ2) is 5.63. The van der Waals surface area contributed by atoms with Gasteiger partial charge in [-0.25, -0.2) is 14.2 Å². The van der Waals surface area contributed by atoms with Crippen LogP contribution in [0.5, 0.6) is 0 Å². The van der Waals surface area contributed by atoms with Crippen LogP contribution in [0.1, 0.15) is 10.4 Å². The molecule has 0 saturated heterocycles. The van der Waals surface area contributed by atoms with Crippen molar-refractivity contribution in [3.63, 3.8) is 0 Å². The summed E-state index contributed by atoms with van der Waals surface area (Å²) < 4.78 is 15.1. The van der Waals surface area contributed by atoms with Gasteiger partial charge in [0.05, 0.1) is 5.56 Å². The largest absolute Gasteiger partial charge is 0.478 e. The van der Waals surface area contributed by atoms with E-state index in [0.717, 1.165) is 22.2 Å². The molecule has 5 nitrogen and oxygen atoms in total. The van der Waals surface area contributed by atoms with Crippen LogP contribution in [0.25, 0.3) is 0 Å². The number of carboxylic acids is 1. The van der Waals surface area contributed by atoms with E-state index in [1.54, 1.807) is 0 Å². The van der Waals surface area contributed by atoms with E-state index in [9.17, 15) is 9.18 Å². The van der Waals surface area contributed by atoms with Crippen LogP contribution in [-0.4, -0.2) is 32.5 Å². The molecule has 9 heteroatoms. The SMILES string of the molecule is CSc1nnc(Sc2nccc(C(=O)O)c2F)s1. The molecule has 1 N–H and O–H groups in total. The molecule has 94 valence electrons. The van der Waals surface area contributed by atoms with Gasteiger partial charge in [0.15, 0.2) is 14.5 Å². The van der Waals surface area contributed by atoms with Crippen molar-refractivity contribution in [1.29, 1.82) is 0 Å². The first-order valence-corrected chi connectivity index (χ1v) is 7.40. The molecule has 0 fully saturated rings. The summed E-state index contributed by atoms with van der Waals surface area (Å²) in [6.45, 7) is 0. The molecule has 0 saturated carbocycles. The Kier molecular flexibility index (Phi) is 4.15. The molecule has 0 spiro atoms. The molecule has 0 radical (unpaired) electrons. The van der Waals surface area contributed by atoms with Crippen molar-refractivity contribution >= 4 is 40.8 Å². The minimum atomic E-state index is -1.32. The Bertz CT molecular complexity index is 590. The van der Waals surface area contributed by atoms with E-state index in [-0.39, 0.29) is 5.03 Å². The van der Waals surface area contributed by atoms with Gasteiger partial charge in [-0.15, -0.1) is 10.2 Å². The van der Waals surface area contributed by atoms with Crippen molar-refractivity contribution < 1.29 is 14.3 Å². The highest BCUT2D eigenvalue weighted by Crippen LogP contribution is 2.33. The topological polar surface area (TPSA) is 76.0 Å². The monoisotopic (exact) mass is 303 g/mol. The Hall–Kier alpha value is -1.19. The third-order valence-corrected chi connectivity index (χ3v) is 4.76. The summed E-state index contributed by atoms with van der Waals surface area (Å²) in [4.78, 5) is 14.6. The molecule has 0 aliphatic carbocycles. The molecule has 2 aromatic heterocycles. The molecule has 0 aromatic carbocycles. The predicted octanol–water partition coefficient (Wildman–Crippen LogP) is 2.64. The molecule has 0 atom stereocenters. The molecule has 18 heavy (non-hydrogen) atoms. The molecule has 0 aliphatic heterocycles. The highest BCUT2D eigenvalue weighted by atomic mass is 32.2. The van der Waals surface area contributed by atoms with Gasteiger partial charge in [0.25, 0.3) is 0 Å². The maximum absolute atomic E-state index is 13.8. The van der Waals surface area contributed by atoms with Gasteiger partial charge in [0.1, 0.15) is 5.03 Å². The number of thioether (sulfide) groups is 1. The van der Waals surface area contributed by atoms with E-state index in [4.69, 9.17) is 5.11 Å². The second-order valence-corrected chi connectivity index (χ2v) is 6.19. The Morgan fingerprint density at radius 1 is 1.44 bits per heavy atom. The van der Waals surface area contributed by atoms with Crippen LogP contribution >= 0.6 is 34.9 Å². The summed E-state index contributed by atoms with van der Waals surface area (Å²) in [5.74, 6) is -2.17. The summed E-state index contributed by atoms with van der Waals surface area (Å²) in [6, 6.07) is 1.12. The minimum Gasteiger partial charge on any atom is -0.478 e. The first-order chi connectivity index (χ1) is 8.61. The molecule has 0 aliphatic rings. The van der Waals surface area contributed by atoms with Crippen LogP contribution < -0.4 is 0 Å². The van der Waals surface area contributed by atoms with Crippen LogP contribution in [0, 0.1) is 5.82 Å². The van der Waals surface area contributed by atoms with E-state index in [0.29, 0.717) is 4.34 Å². The van der Waals surface area contributed by atoms with Gasteiger partial charge < -0.3 is 5.11 Å². The van der Waals surface area contributed by atoms with Gasteiger partial charge in [0, 0.05) is 6.20 Å². The summed E-state index contributed by atoms with van der Waals surface area (Å²) >= 11 is 3.70. The molecular formula is C9H6FN3O2S3. The summed E-state index contributed by atoms with van der Waals surface area (Å²) in [5.41, 5.74) is -0.401. The van der Waals surface area contributed by atoms with Crippen molar-refractivity contribution in [2.75, 3.05) is 6.26 Å².